The van der Waals surface area contributed by atoms with Crippen molar-refractivity contribution in [1.29, 1.82) is 0 Å². The molecule has 0 aliphatic carbocycles. The Morgan fingerprint density at radius 2 is 2.60 bits per heavy atom. The highest BCUT2D eigenvalue weighted by atomic mass is 16.1. The van der Waals surface area contributed by atoms with Gasteiger partial charge in [0.25, 0.3) is 5.91 Å². The Morgan fingerprint density at radius 3 is 3.00 bits per heavy atom. The molecule has 0 saturated heterocycles. The summed E-state index contributed by atoms with van der Waals surface area (Å²) in [6.45, 7) is 0. The lowest BCUT2D eigenvalue weighted by Crippen LogP contribution is -2.19. The number of hydrogen-bond donors (Lipinski definition) is 2. The number of carbonyl (C=O) groups is 1. The first kappa shape index (κ1) is 6.60. The molecule has 0 saturated carbocycles. The first-order chi connectivity index (χ1) is 4.74. The van der Waals surface area contributed by atoms with Crippen LogP contribution in [0.2, 0.25) is 0 Å². The number of carbonyl (C=O) groups excluding carboxylic acids is 1. The van der Waals surface area contributed by atoms with Gasteiger partial charge in [-0.2, -0.15) is 4.79 Å². The lowest BCUT2D eigenvalue weighted by atomic mass is 10.4. The number of nitrogens with two attached hydrogens (primary N) is 1. The molecule has 0 bridgehead atoms. The van der Waals surface area contributed by atoms with Crippen molar-refractivity contribution >= 4 is 5.91 Å². The summed E-state index contributed by atoms with van der Waals surface area (Å²) in [5.74, 6) is 4.96. The van der Waals surface area contributed by atoms with E-state index in [4.69, 9.17) is 5.84 Å². The van der Waals surface area contributed by atoms with Crippen LogP contribution in [0.15, 0.2) is 12.3 Å². The molecule has 0 radical (unpaired) electrons. The number of rotatable bonds is 1. The Morgan fingerprint density at radius 1 is 1.90 bits per heavy atom. The molecule has 5 heteroatoms. The Hall–Kier alpha value is -1.52. The molecule has 1 amide bonds. The molecular formula is C5H8N4O. The zero-order valence-corrected chi connectivity index (χ0v) is 5.53. The molecule has 0 atom stereocenters. The molecular weight excluding hydrogens is 132 g/mol. The van der Waals surface area contributed by atoms with E-state index in [0.717, 1.165) is 4.79 Å². The van der Waals surface area contributed by atoms with Gasteiger partial charge in [0.15, 0.2) is 5.69 Å². The molecule has 0 spiro atoms. The fourth-order valence-electron chi connectivity index (χ4n) is 0.587. The van der Waals surface area contributed by atoms with Crippen molar-refractivity contribution in [3.8, 4) is 0 Å². The van der Waals surface area contributed by atoms with Gasteiger partial charge < -0.3 is 11.2 Å². The molecule has 1 rings (SSSR count). The minimum absolute atomic E-state index is 0.232. The smallest absolute Gasteiger partial charge is 0.271 e. The van der Waals surface area contributed by atoms with Crippen molar-refractivity contribution in [3.63, 3.8) is 0 Å². The third-order valence-electron chi connectivity index (χ3n) is 1.07. The predicted molar refractivity (Wildman–Crippen MR) is 35.8 cm³/mol. The number of nitrogen functional groups attached to an aromatic ring is 1. The molecule has 0 unspecified atom stereocenters. The molecule has 0 aromatic carbocycles. The molecule has 1 aromatic heterocycles. The maximum atomic E-state index is 10.8. The highest BCUT2D eigenvalue weighted by Gasteiger charge is 2.04. The normalized spacial score (nSPS) is 9.30. The van der Waals surface area contributed by atoms with E-state index in [1.807, 2.05) is 0 Å². The quantitative estimate of drug-likeness (QED) is 0.489. The molecule has 0 fully saturated rings. The number of hydrogen-bond acceptors (Lipinski definition) is 3. The van der Waals surface area contributed by atoms with Gasteiger partial charge in [0, 0.05) is 13.2 Å². The fraction of sp³-hybridized carbons (Fsp3) is 0.200. The van der Waals surface area contributed by atoms with Gasteiger partial charge in [-0.05, 0) is 6.07 Å². The molecule has 10 heavy (non-hydrogen) atoms. The summed E-state index contributed by atoms with van der Waals surface area (Å²) in [7, 11) is 1.54. The standard InChI is InChI=1S/C5H8N4O/c1-7-5(10)4-2-3-9(6)8-4/h2-3H,6H2,1H3,(H,7,10). The number of nitrogens with one attached hydrogen (secondary N) is 1. The van der Waals surface area contributed by atoms with Gasteiger partial charge in [-0.3, -0.25) is 4.79 Å². The maximum absolute atomic E-state index is 10.8. The summed E-state index contributed by atoms with van der Waals surface area (Å²) in [5, 5.41) is 6.09. The van der Waals surface area contributed by atoms with Crippen LogP contribution in [0, 0.1) is 0 Å². The molecule has 0 aliphatic heterocycles. The van der Waals surface area contributed by atoms with Gasteiger partial charge in [0.1, 0.15) is 0 Å². The second kappa shape index (κ2) is 2.38. The van der Waals surface area contributed by atoms with Crippen LogP contribution in [0.4, 0.5) is 0 Å². The molecule has 5 nitrogen and oxygen atoms in total. The minimum atomic E-state index is -0.232. The topological polar surface area (TPSA) is 72.9 Å². The first-order valence-electron chi connectivity index (χ1n) is 2.77. The second-order valence-electron chi connectivity index (χ2n) is 1.76. The highest BCUT2D eigenvalue weighted by Crippen LogP contribution is 1.90. The number of aromatic nitrogens is 2. The van der Waals surface area contributed by atoms with Crippen LogP contribution in [0.1, 0.15) is 10.5 Å². The predicted octanol–water partition coefficient (Wildman–Crippen LogP) is -1.04. The highest BCUT2D eigenvalue weighted by molar-refractivity contribution is 5.91. The largest absolute Gasteiger partial charge is 0.354 e. The van der Waals surface area contributed by atoms with Crippen molar-refractivity contribution in [1.82, 2.24) is 15.2 Å². The van der Waals surface area contributed by atoms with E-state index < -0.39 is 0 Å². The van der Waals surface area contributed by atoms with E-state index >= 15 is 0 Å². The third-order valence-corrected chi connectivity index (χ3v) is 1.07. The van der Waals surface area contributed by atoms with Crippen molar-refractivity contribution in [2.75, 3.05) is 12.9 Å². The lowest BCUT2D eigenvalue weighted by Gasteiger charge is -1.90. The maximum Gasteiger partial charge on any atom is 0.271 e. The van der Waals surface area contributed by atoms with Crippen LogP contribution >= 0.6 is 0 Å². The lowest BCUT2D eigenvalue weighted by molar-refractivity contribution is 0.0957. The fourth-order valence-corrected chi connectivity index (χ4v) is 0.587. The van der Waals surface area contributed by atoms with Crippen molar-refractivity contribution in [2.45, 2.75) is 0 Å². The Balaban J connectivity index is 2.85. The van der Waals surface area contributed by atoms with Crippen LogP contribution in [-0.4, -0.2) is 22.8 Å². The SMILES string of the molecule is CNC(=O)c1ccn(N)n1. The number of nitrogens with zero attached hydrogens (tertiary/aromatic N) is 2. The average Bonchev–Trinajstić information content (AvgIpc) is 2.34. The van der Waals surface area contributed by atoms with Gasteiger partial charge in [0.2, 0.25) is 0 Å². The summed E-state index contributed by atoms with van der Waals surface area (Å²) in [6, 6.07) is 1.54. The number of amides is 1. The van der Waals surface area contributed by atoms with E-state index in [0.29, 0.717) is 5.69 Å². The Bertz CT molecular complexity index is 242. The van der Waals surface area contributed by atoms with Gasteiger partial charge >= 0.3 is 0 Å². The third kappa shape index (κ3) is 1.07. The van der Waals surface area contributed by atoms with E-state index in [1.54, 1.807) is 6.07 Å². The average molecular weight is 140 g/mol. The van der Waals surface area contributed by atoms with E-state index in [1.165, 1.54) is 13.2 Å². The van der Waals surface area contributed by atoms with Crippen LogP contribution in [-0.2, 0) is 0 Å². The van der Waals surface area contributed by atoms with Crippen molar-refractivity contribution in [3.05, 3.63) is 18.0 Å². The van der Waals surface area contributed by atoms with Gasteiger partial charge in [0.05, 0.1) is 0 Å². The zero-order valence-electron chi connectivity index (χ0n) is 5.53. The summed E-state index contributed by atoms with van der Waals surface area (Å²) < 4.78 is 0. The van der Waals surface area contributed by atoms with Crippen LogP contribution in [0.25, 0.3) is 0 Å². The summed E-state index contributed by atoms with van der Waals surface area (Å²) in [4.78, 5) is 11.9. The summed E-state index contributed by atoms with van der Waals surface area (Å²) in [6.07, 6.45) is 1.50. The zero-order chi connectivity index (χ0) is 7.56. The van der Waals surface area contributed by atoms with E-state index in [9.17, 15) is 4.79 Å². The molecule has 1 heterocycles. The van der Waals surface area contributed by atoms with Crippen LogP contribution in [0.3, 0.4) is 0 Å². The van der Waals surface area contributed by atoms with Crippen LogP contribution in [0.5, 0.6) is 0 Å². The van der Waals surface area contributed by atoms with E-state index in [-0.39, 0.29) is 5.91 Å². The van der Waals surface area contributed by atoms with Crippen molar-refractivity contribution < 1.29 is 4.79 Å². The second-order valence-corrected chi connectivity index (χ2v) is 1.76. The first-order valence-corrected chi connectivity index (χ1v) is 2.77. The van der Waals surface area contributed by atoms with Gasteiger partial charge in [-0.25, -0.2) is 0 Å². The monoisotopic (exact) mass is 140 g/mol. The van der Waals surface area contributed by atoms with Crippen LogP contribution < -0.4 is 11.2 Å². The Kier molecular flexibility index (Phi) is 1.57. The minimum Gasteiger partial charge on any atom is -0.354 e. The summed E-state index contributed by atoms with van der Waals surface area (Å²) >= 11 is 0. The molecule has 3 N–H and O–H groups in total. The molecule has 1 aromatic rings. The Labute approximate surface area is 57.8 Å². The van der Waals surface area contributed by atoms with Gasteiger partial charge in [-0.15, -0.1) is 5.10 Å². The summed E-state index contributed by atoms with van der Waals surface area (Å²) in [5.41, 5.74) is 0.324. The molecule has 54 valence electrons. The van der Waals surface area contributed by atoms with Gasteiger partial charge in [-0.1, -0.05) is 0 Å². The van der Waals surface area contributed by atoms with E-state index in [2.05, 4.69) is 10.4 Å². The van der Waals surface area contributed by atoms with Crippen molar-refractivity contribution in [2.24, 2.45) is 0 Å². The molecule has 0 aliphatic rings.